The lowest BCUT2D eigenvalue weighted by Crippen LogP contribution is -2.40. The quantitative estimate of drug-likeness (QED) is 0.633. The first-order valence-electron chi connectivity index (χ1n) is 4.80. The third-order valence-corrected chi connectivity index (χ3v) is 2.43. The van der Waals surface area contributed by atoms with Crippen LogP contribution in [0.1, 0.15) is 6.42 Å². The van der Waals surface area contributed by atoms with Gasteiger partial charge < -0.3 is 14.9 Å². The van der Waals surface area contributed by atoms with E-state index in [1.165, 1.54) is 6.08 Å². The summed E-state index contributed by atoms with van der Waals surface area (Å²) < 4.78 is 0. The van der Waals surface area contributed by atoms with Crippen molar-refractivity contribution in [2.45, 2.75) is 18.6 Å². The van der Waals surface area contributed by atoms with Gasteiger partial charge in [0.25, 0.3) is 0 Å². The summed E-state index contributed by atoms with van der Waals surface area (Å²) in [6, 6.07) is 0.116. The molecule has 1 N–H and O–H groups in total. The summed E-state index contributed by atoms with van der Waals surface area (Å²) in [7, 11) is 3.92. The topological polar surface area (TPSA) is 43.8 Å². The molecule has 1 heterocycles. The maximum absolute atomic E-state index is 11.4. The van der Waals surface area contributed by atoms with E-state index < -0.39 is 0 Å². The molecule has 0 bridgehead atoms. The smallest absolute Gasteiger partial charge is 0.246 e. The van der Waals surface area contributed by atoms with Crippen LogP contribution in [0.3, 0.4) is 0 Å². The van der Waals surface area contributed by atoms with Crippen molar-refractivity contribution in [3.8, 4) is 0 Å². The fraction of sp³-hybridized carbons (Fsp3) is 0.700. The van der Waals surface area contributed by atoms with E-state index in [0.717, 1.165) is 6.54 Å². The van der Waals surface area contributed by atoms with Crippen LogP contribution in [0.5, 0.6) is 0 Å². The van der Waals surface area contributed by atoms with Gasteiger partial charge in [0.15, 0.2) is 0 Å². The largest absolute Gasteiger partial charge is 0.391 e. The number of carbonyl (C=O) groups is 1. The second-order valence-electron chi connectivity index (χ2n) is 4.00. The van der Waals surface area contributed by atoms with Gasteiger partial charge in [0.1, 0.15) is 0 Å². The average Bonchev–Trinajstić information content (AvgIpc) is 2.44. The molecule has 1 fully saturated rings. The van der Waals surface area contributed by atoms with Gasteiger partial charge in [-0.05, 0) is 26.6 Å². The predicted octanol–water partition coefficient (Wildman–Crippen LogP) is -0.304. The van der Waals surface area contributed by atoms with Crippen LogP contribution in [0, 0.1) is 0 Å². The van der Waals surface area contributed by atoms with E-state index in [0.29, 0.717) is 13.0 Å². The zero-order chi connectivity index (χ0) is 10.7. The van der Waals surface area contributed by atoms with Crippen LogP contribution >= 0.6 is 0 Å². The van der Waals surface area contributed by atoms with E-state index in [2.05, 4.69) is 6.58 Å². The van der Waals surface area contributed by atoms with Crippen molar-refractivity contribution >= 4 is 5.91 Å². The summed E-state index contributed by atoms with van der Waals surface area (Å²) >= 11 is 0. The van der Waals surface area contributed by atoms with Crippen LogP contribution in [0.2, 0.25) is 0 Å². The van der Waals surface area contributed by atoms with Crippen molar-refractivity contribution in [2.75, 3.05) is 27.2 Å². The van der Waals surface area contributed by atoms with Gasteiger partial charge in [-0.3, -0.25) is 4.79 Å². The number of nitrogens with zero attached hydrogens (tertiary/aromatic N) is 2. The molecule has 1 amide bonds. The highest BCUT2D eigenvalue weighted by Crippen LogP contribution is 2.18. The molecule has 14 heavy (non-hydrogen) atoms. The molecule has 4 heteroatoms. The Labute approximate surface area is 84.8 Å². The second kappa shape index (κ2) is 4.57. The number of carbonyl (C=O) groups excluding carboxylic acids is 1. The van der Waals surface area contributed by atoms with E-state index >= 15 is 0 Å². The zero-order valence-electron chi connectivity index (χ0n) is 8.81. The van der Waals surface area contributed by atoms with Crippen molar-refractivity contribution in [3.63, 3.8) is 0 Å². The third kappa shape index (κ3) is 2.56. The Hall–Kier alpha value is -0.870. The molecular formula is C10H18N2O2. The number of aliphatic hydroxyl groups excluding tert-OH is 1. The molecule has 0 aromatic carbocycles. The number of aliphatic hydroxyl groups is 1. The lowest BCUT2D eigenvalue weighted by atomic mass is 10.2. The molecule has 0 aromatic rings. The molecule has 0 saturated carbocycles. The molecule has 1 aliphatic heterocycles. The first-order chi connectivity index (χ1) is 6.54. The molecule has 4 nitrogen and oxygen atoms in total. The lowest BCUT2D eigenvalue weighted by Gasteiger charge is -2.25. The molecule has 1 aliphatic rings. The molecule has 0 spiro atoms. The van der Waals surface area contributed by atoms with E-state index in [9.17, 15) is 9.90 Å². The minimum Gasteiger partial charge on any atom is -0.391 e. The van der Waals surface area contributed by atoms with Crippen LogP contribution in [0.4, 0.5) is 0 Å². The van der Waals surface area contributed by atoms with Crippen LogP contribution < -0.4 is 0 Å². The van der Waals surface area contributed by atoms with Gasteiger partial charge in [0, 0.05) is 19.1 Å². The normalized spacial score (nSPS) is 27.0. The molecule has 0 aromatic heterocycles. The maximum Gasteiger partial charge on any atom is 0.246 e. The number of β-amino-alcohol motifs (C(OH)–C–C–N with tert-alkyl or cyclic N) is 1. The number of rotatable bonds is 3. The first-order valence-corrected chi connectivity index (χ1v) is 4.80. The van der Waals surface area contributed by atoms with Crippen molar-refractivity contribution in [1.29, 1.82) is 0 Å². The Morgan fingerprint density at radius 3 is 2.86 bits per heavy atom. The maximum atomic E-state index is 11.4. The number of hydrogen-bond acceptors (Lipinski definition) is 3. The lowest BCUT2D eigenvalue weighted by molar-refractivity contribution is -0.127. The van der Waals surface area contributed by atoms with E-state index in [1.54, 1.807) is 4.90 Å². The minimum absolute atomic E-state index is 0.0894. The number of likely N-dealkylation sites (N-methyl/N-ethyl adjacent to an activating group) is 1. The van der Waals surface area contributed by atoms with Crippen molar-refractivity contribution < 1.29 is 9.90 Å². The van der Waals surface area contributed by atoms with Crippen molar-refractivity contribution in [3.05, 3.63) is 12.7 Å². The summed E-state index contributed by atoms with van der Waals surface area (Å²) in [5, 5.41) is 9.48. The zero-order valence-corrected chi connectivity index (χ0v) is 8.81. The Morgan fingerprint density at radius 1 is 1.71 bits per heavy atom. The highest BCUT2D eigenvalue weighted by Gasteiger charge is 2.33. The Kier molecular flexibility index (Phi) is 3.66. The fourth-order valence-electron chi connectivity index (χ4n) is 1.87. The highest BCUT2D eigenvalue weighted by molar-refractivity contribution is 5.87. The molecule has 1 rings (SSSR count). The van der Waals surface area contributed by atoms with E-state index in [4.69, 9.17) is 0 Å². The third-order valence-electron chi connectivity index (χ3n) is 2.43. The molecule has 80 valence electrons. The Morgan fingerprint density at radius 2 is 2.36 bits per heavy atom. The number of amides is 1. The summed E-state index contributed by atoms with van der Waals surface area (Å²) in [4.78, 5) is 15.1. The van der Waals surface area contributed by atoms with Gasteiger partial charge in [-0.2, -0.15) is 0 Å². The van der Waals surface area contributed by atoms with Crippen LogP contribution in [-0.4, -0.2) is 60.1 Å². The predicted molar refractivity (Wildman–Crippen MR) is 54.9 cm³/mol. The van der Waals surface area contributed by atoms with E-state index in [-0.39, 0.29) is 18.1 Å². The monoisotopic (exact) mass is 198 g/mol. The Bertz CT molecular complexity index is 228. The van der Waals surface area contributed by atoms with Crippen LogP contribution in [-0.2, 0) is 4.79 Å². The molecule has 0 radical (unpaired) electrons. The van der Waals surface area contributed by atoms with Gasteiger partial charge in [0.05, 0.1) is 6.10 Å². The van der Waals surface area contributed by atoms with Gasteiger partial charge in [-0.1, -0.05) is 6.58 Å². The number of likely N-dealkylation sites (tertiary alicyclic amines) is 1. The fourth-order valence-corrected chi connectivity index (χ4v) is 1.87. The second-order valence-corrected chi connectivity index (χ2v) is 4.00. The molecular weight excluding hydrogens is 180 g/mol. The molecule has 2 unspecified atom stereocenters. The minimum atomic E-state index is -0.385. The van der Waals surface area contributed by atoms with Crippen molar-refractivity contribution in [1.82, 2.24) is 9.80 Å². The van der Waals surface area contributed by atoms with Crippen LogP contribution in [0.25, 0.3) is 0 Å². The average molecular weight is 198 g/mol. The van der Waals surface area contributed by atoms with Gasteiger partial charge in [0.2, 0.25) is 5.91 Å². The van der Waals surface area contributed by atoms with Crippen LogP contribution in [0.15, 0.2) is 12.7 Å². The highest BCUT2D eigenvalue weighted by atomic mass is 16.3. The van der Waals surface area contributed by atoms with Gasteiger partial charge >= 0.3 is 0 Å². The van der Waals surface area contributed by atoms with Gasteiger partial charge in [-0.15, -0.1) is 0 Å². The SMILES string of the molecule is C=CC(=O)N1CC(O)CC1CN(C)C. The summed E-state index contributed by atoms with van der Waals surface area (Å²) in [5.41, 5.74) is 0. The Balaban J connectivity index is 2.62. The first kappa shape index (κ1) is 11.2. The van der Waals surface area contributed by atoms with Crippen molar-refractivity contribution in [2.24, 2.45) is 0 Å². The molecule has 1 saturated heterocycles. The number of hydrogen-bond donors (Lipinski definition) is 1. The van der Waals surface area contributed by atoms with Gasteiger partial charge in [-0.25, -0.2) is 0 Å². The molecule has 2 atom stereocenters. The summed E-state index contributed by atoms with van der Waals surface area (Å²) in [5.74, 6) is -0.0894. The van der Waals surface area contributed by atoms with E-state index in [1.807, 2.05) is 19.0 Å². The standard InChI is InChI=1S/C10H18N2O2/c1-4-10(14)12-7-9(13)5-8(12)6-11(2)3/h4,8-9,13H,1,5-7H2,2-3H3. The summed E-state index contributed by atoms with van der Waals surface area (Å²) in [6.07, 6.45) is 1.59. The summed E-state index contributed by atoms with van der Waals surface area (Å²) in [6.45, 7) is 4.68. The molecule has 0 aliphatic carbocycles.